The maximum atomic E-state index is 13.0. The lowest BCUT2D eigenvalue weighted by molar-refractivity contribution is -0.155. The first-order valence-electron chi connectivity index (χ1n) is 8.92. The summed E-state index contributed by atoms with van der Waals surface area (Å²) in [6.45, 7) is 4.98. The monoisotopic (exact) mass is 406 g/mol. The van der Waals surface area contributed by atoms with E-state index in [-0.39, 0.29) is 17.8 Å². The number of methoxy groups -OCH3 is 1. The Bertz CT molecular complexity index is 849. The molecular formula is C20H23ClN2O3S. The van der Waals surface area contributed by atoms with Crippen LogP contribution in [0, 0.1) is 11.3 Å². The Labute approximate surface area is 168 Å². The third-order valence-corrected chi connectivity index (χ3v) is 6.36. The van der Waals surface area contributed by atoms with E-state index in [0.717, 1.165) is 23.4 Å². The fourth-order valence-electron chi connectivity index (χ4n) is 3.47. The molecule has 1 saturated heterocycles. The highest BCUT2D eigenvalue weighted by molar-refractivity contribution is 7.13. The number of likely N-dealkylation sites (tertiary alicyclic amines) is 1. The van der Waals surface area contributed by atoms with Crippen LogP contribution in [0.2, 0.25) is 5.02 Å². The van der Waals surface area contributed by atoms with Crippen molar-refractivity contribution in [2.75, 3.05) is 20.2 Å². The Morgan fingerprint density at radius 3 is 2.85 bits per heavy atom. The highest BCUT2D eigenvalue weighted by Gasteiger charge is 2.41. The molecule has 2 aromatic rings. The van der Waals surface area contributed by atoms with E-state index in [1.54, 1.807) is 10.3 Å². The molecule has 7 heteroatoms. The van der Waals surface area contributed by atoms with Gasteiger partial charge in [0.15, 0.2) is 0 Å². The molecule has 0 spiro atoms. The first-order valence-corrected chi connectivity index (χ1v) is 10.2. The molecule has 1 amide bonds. The summed E-state index contributed by atoms with van der Waals surface area (Å²) in [7, 11) is 1.41. The topological polar surface area (TPSA) is 59.5 Å². The number of ether oxygens (including phenoxy) is 1. The number of rotatable bonds is 4. The average Bonchev–Trinajstić information content (AvgIpc) is 3.17. The molecule has 0 saturated carbocycles. The molecule has 5 nitrogen and oxygen atoms in total. The lowest BCUT2D eigenvalue weighted by Gasteiger charge is -2.39. The Hall–Kier alpha value is -1.92. The van der Waals surface area contributed by atoms with Crippen molar-refractivity contribution in [1.29, 1.82) is 0 Å². The second kappa shape index (κ2) is 7.98. The summed E-state index contributed by atoms with van der Waals surface area (Å²) in [5, 5.41) is 3.19. The molecule has 0 unspecified atom stereocenters. The van der Waals surface area contributed by atoms with Crippen molar-refractivity contribution in [3.8, 4) is 10.6 Å². The van der Waals surface area contributed by atoms with Crippen molar-refractivity contribution in [3.05, 3.63) is 40.4 Å². The molecule has 1 aliphatic heterocycles. The van der Waals surface area contributed by atoms with E-state index in [1.165, 1.54) is 18.4 Å². The Morgan fingerprint density at radius 1 is 1.37 bits per heavy atom. The third-order valence-electron chi connectivity index (χ3n) is 5.24. The molecule has 0 radical (unpaired) electrons. The van der Waals surface area contributed by atoms with Gasteiger partial charge in [-0.2, -0.15) is 0 Å². The highest BCUT2D eigenvalue weighted by Crippen LogP contribution is 2.35. The van der Waals surface area contributed by atoms with Crippen LogP contribution in [0.5, 0.6) is 0 Å². The van der Waals surface area contributed by atoms with Gasteiger partial charge in [-0.3, -0.25) is 9.59 Å². The van der Waals surface area contributed by atoms with Crippen LogP contribution in [0.4, 0.5) is 0 Å². The van der Waals surface area contributed by atoms with Gasteiger partial charge in [-0.25, -0.2) is 4.98 Å². The number of hydrogen-bond acceptors (Lipinski definition) is 5. The Kier molecular flexibility index (Phi) is 5.86. The zero-order valence-electron chi connectivity index (χ0n) is 15.7. The van der Waals surface area contributed by atoms with Gasteiger partial charge in [-0.15, -0.1) is 11.3 Å². The summed E-state index contributed by atoms with van der Waals surface area (Å²) in [5.41, 5.74) is 0.711. The quantitative estimate of drug-likeness (QED) is 0.700. The molecule has 0 aliphatic carbocycles. The van der Waals surface area contributed by atoms with Gasteiger partial charge < -0.3 is 9.64 Å². The van der Waals surface area contributed by atoms with Crippen molar-refractivity contribution in [2.45, 2.75) is 26.7 Å². The number of piperidine rings is 1. The van der Waals surface area contributed by atoms with E-state index in [2.05, 4.69) is 4.98 Å². The van der Waals surface area contributed by atoms with Crippen LogP contribution >= 0.6 is 22.9 Å². The standard InChI is InChI=1S/C20H23ClN2O3S/c1-20(2,19(25)26-3)14-7-5-9-23(11-14)18(24)16-12-27-17(22-16)13-6-4-8-15(21)10-13/h4,6,8,10,12,14H,5,7,9,11H2,1-3H3/t14-/m1/s1. The van der Waals surface area contributed by atoms with Crippen LogP contribution in [-0.2, 0) is 9.53 Å². The van der Waals surface area contributed by atoms with Crippen LogP contribution in [0.15, 0.2) is 29.6 Å². The number of nitrogens with zero attached hydrogens (tertiary/aromatic N) is 2. The number of esters is 1. The molecule has 0 bridgehead atoms. The SMILES string of the molecule is COC(=O)C(C)(C)[C@@H]1CCCN(C(=O)c2csc(-c3cccc(Cl)c3)n2)C1. The lowest BCUT2D eigenvalue weighted by Crippen LogP contribution is -2.47. The van der Waals surface area contributed by atoms with Crippen molar-refractivity contribution < 1.29 is 14.3 Å². The van der Waals surface area contributed by atoms with Gasteiger partial charge in [0.1, 0.15) is 10.7 Å². The fraction of sp³-hybridized carbons (Fsp3) is 0.450. The predicted molar refractivity (Wildman–Crippen MR) is 107 cm³/mol. The van der Waals surface area contributed by atoms with Gasteiger partial charge in [0.25, 0.3) is 5.91 Å². The van der Waals surface area contributed by atoms with Gasteiger partial charge in [0, 0.05) is 29.1 Å². The zero-order chi connectivity index (χ0) is 19.6. The van der Waals surface area contributed by atoms with Gasteiger partial charge in [-0.1, -0.05) is 23.7 Å². The van der Waals surface area contributed by atoms with E-state index in [4.69, 9.17) is 16.3 Å². The second-order valence-electron chi connectivity index (χ2n) is 7.35. The molecule has 1 fully saturated rings. The molecule has 1 atom stereocenters. The molecule has 2 heterocycles. The van der Waals surface area contributed by atoms with Crippen LogP contribution in [0.25, 0.3) is 10.6 Å². The van der Waals surface area contributed by atoms with E-state index >= 15 is 0 Å². The number of amides is 1. The fourth-order valence-corrected chi connectivity index (χ4v) is 4.45. The van der Waals surface area contributed by atoms with Gasteiger partial charge in [0.2, 0.25) is 0 Å². The molecule has 1 aromatic carbocycles. The third kappa shape index (κ3) is 4.17. The summed E-state index contributed by atoms with van der Waals surface area (Å²) < 4.78 is 4.95. The van der Waals surface area contributed by atoms with Crippen LogP contribution in [-0.4, -0.2) is 42.0 Å². The summed E-state index contributed by atoms with van der Waals surface area (Å²) in [5.74, 6) is -0.266. The molecule has 27 heavy (non-hydrogen) atoms. The maximum Gasteiger partial charge on any atom is 0.311 e. The number of halogens is 1. The van der Waals surface area contributed by atoms with Crippen molar-refractivity contribution in [2.24, 2.45) is 11.3 Å². The maximum absolute atomic E-state index is 13.0. The Balaban J connectivity index is 1.75. The van der Waals surface area contributed by atoms with Gasteiger partial charge >= 0.3 is 5.97 Å². The number of hydrogen-bond donors (Lipinski definition) is 0. The number of thiazole rings is 1. The first-order chi connectivity index (χ1) is 12.8. The van der Waals surface area contributed by atoms with Crippen molar-refractivity contribution >= 4 is 34.8 Å². The zero-order valence-corrected chi connectivity index (χ0v) is 17.3. The minimum Gasteiger partial charge on any atom is -0.469 e. The molecule has 1 aliphatic rings. The van der Waals surface area contributed by atoms with E-state index in [0.29, 0.717) is 23.8 Å². The van der Waals surface area contributed by atoms with Crippen LogP contribution < -0.4 is 0 Å². The summed E-state index contributed by atoms with van der Waals surface area (Å²) >= 11 is 7.47. The predicted octanol–water partition coefficient (Wildman–Crippen LogP) is 4.51. The van der Waals surface area contributed by atoms with Gasteiger partial charge in [-0.05, 0) is 44.7 Å². The summed E-state index contributed by atoms with van der Waals surface area (Å²) in [4.78, 5) is 31.4. The normalized spacial score (nSPS) is 17.6. The number of carbonyl (C=O) groups excluding carboxylic acids is 2. The number of aromatic nitrogens is 1. The molecule has 1 aromatic heterocycles. The second-order valence-corrected chi connectivity index (χ2v) is 8.65. The number of benzene rings is 1. The molecule has 3 rings (SSSR count). The highest BCUT2D eigenvalue weighted by atomic mass is 35.5. The summed E-state index contributed by atoms with van der Waals surface area (Å²) in [6.07, 6.45) is 1.76. The largest absolute Gasteiger partial charge is 0.469 e. The van der Waals surface area contributed by atoms with E-state index in [1.807, 2.05) is 38.1 Å². The first kappa shape index (κ1) is 19.8. The minimum atomic E-state index is -0.623. The average molecular weight is 407 g/mol. The number of carbonyl (C=O) groups is 2. The van der Waals surface area contributed by atoms with Crippen molar-refractivity contribution in [1.82, 2.24) is 9.88 Å². The van der Waals surface area contributed by atoms with E-state index < -0.39 is 5.41 Å². The molecule has 144 valence electrons. The molecular weight excluding hydrogens is 384 g/mol. The van der Waals surface area contributed by atoms with Crippen molar-refractivity contribution in [3.63, 3.8) is 0 Å². The van der Waals surface area contributed by atoms with E-state index in [9.17, 15) is 9.59 Å². The smallest absolute Gasteiger partial charge is 0.311 e. The van der Waals surface area contributed by atoms with Crippen LogP contribution in [0.1, 0.15) is 37.2 Å². The van der Waals surface area contributed by atoms with Crippen LogP contribution in [0.3, 0.4) is 0 Å². The lowest BCUT2D eigenvalue weighted by atomic mass is 9.74. The molecule has 0 N–H and O–H groups in total. The minimum absolute atomic E-state index is 0.0636. The summed E-state index contributed by atoms with van der Waals surface area (Å²) in [6, 6.07) is 7.44. The van der Waals surface area contributed by atoms with Gasteiger partial charge in [0.05, 0.1) is 12.5 Å². The Morgan fingerprint density at radius 2 is 2.15 bits per heavy atom.